The molecule has 0 aliphatic rings. The van der Waals surface area contributed by atoms with E-state index in [0.29, 0.717) is 26.4 Å². The lowest BCUT2D eigenvalue weighted by Gasteiger charge is -2.38. The molecule has 46 heavy (non-hydrogen) atoms. The second-order valence-corrected chi connectivity index (χ2v) is 15.2. The van der Waals surface area contributed by atoms with Crippen LogP contribution >= 0.6 is 0 Å². The minimum atomic E-state index is -0.563. The van der Waals surface area contributed by atoms with Crippen molar-refractivity contribution in [1.29, 1.82) is 0 Å². The highest BCUT2D eigenvalue weighted by molar-refractivity contribution is 5.61. The molecule has 0 fully saturated rings. The molecule has 0 saturated heterocycles. The van der Waals surface area contributed by atoms with Crippen LogP contribution in [0.3, 0.4) is 0 Å². The number of hydrogen-bond acceptors (Lipinski definition) is 3. The highest BCUT2D eigenvalue weighted by Gasteiger charge is 2.39. The molecular formula is C41H51N3O2. The predicted molar refractivity (Wildman–Crippen MR) is 191 cm³/mol. The third-order valence-electron chi connectivity index (χ3n) is 8.73. The van der Waals surface area contributed by atoms with E-state index in [2.05, 4.69) is 169 Å². The van der Waals surface area contributed by atoms with Crippen LogP contribution in [0.15, 0.2) is 102 Å². The predicted octanol–water partition coefficient (Wildman–Crippen LogP) is 10.7. The van der Waals surface area contributed by atoms with Crippen molar-refractivity contribution in [3.8, 4) is 5.75 Å². The summed E-state index contributed by atoms with van der Waals surface area (Å²) in [5, 5.41) is 3.50. The highest BCUT2D eigenvalue weighted by Crippen LogP contribution is 2.47. The topological polar surface area (TPSA) is 67.2 Å². The van der Waals surface area contributed by atoms with Gasteiger partial charge in [-0.1, -0.05) is 152 Å². The Bertz CT molecular complexity index is 1460. The second-order valence-electron chi connectivity index (χ2n) is 15.2. The smallest absolute Gasteiger partial charge is 0.119 e. The van der Waals surface area contributed by atoms with Crippen LogP contribution in [0.25, 0.3) is 10.4 Å². The number of hydrogen-bond donors (Lipinski definition) is 0. The summed E-state index contributed by atoms with van der Waals surface area (Å²) in [7, 11) is 0. The first-order valence-corrected chi connectivity index (χ1v) is 16.3. The molecule has 242 valence electrons. The van der Waals surface area contributed by atoms with Crippen molar-refractivity contribution >= 4 is 0 Å². The van der Waals surface area contributed by atoms with Gasteiger partial charge < -0.3 is 9.47 Å². The van der Waals surface area contributed by atoms with Gasteiger partial charge >= 0.3 is 0 Å². The maximum atomic E-state index is 8.43. The van der Waals surface area contributed by atoms with E-state index in [1.165, 1.54) is 38.9 Å². The standard InChI is InChI=1S/C41H51N3O2/c1-38(2,3)30-10-16-33(17-11-30)41(34-18-12-31(13-19-34)39(4,5)6,35-20-14-32(15-21-35)40(7,8)9)36-22-24-37(25-23-36)46-29-28-45-27-26-43-44-42/h10-25H,26-29H2,1-9H3. The van der Waals surface area contributed by atoms with E-state index < -0.39 is 5.41 Å². The quantitative estimate of drug-likeness (QED) is 0.0552. The lowest BCUT2D eigenvalue weighted by Crippen LogP contribution is -2.31. The summed E-state index contributed by atoms with van der Waals surface area (Å²) in [6.45, 7) is 21.9. The fraction of sp³-hybridized carbons (Fsp3) is 0.415. The Kier molecular flexibility index (Phi) is 10.7. The minimum Gasteiger partial charge on any atom is -0.491 e. The van der Waals surface area contributed by atoms with Gasteiger partial charge in [0.1, 0.15) is 12.4 Å². The van der Waals surface area contributed by atoms with Crippen LogP contribution in [-0.2, 0) is 26.4 Å². The molecule has 4 aromatic rings. The third-order valence-corrected chi connectivity index (χ3v) is 8.73. The van der Waals surface area contributed by atoms with Crippen molar-refractivity contribution in [3.05, 3.63) is 146 Å². The average molecular weight is 618 g/mol. The first-order chi connectivity index (χ1) is 21.7. The van der Waals surface area contributed by atoms with Gasteiger partial charge in [-0.05, 0) is 72.9 Å². The molecule has 5 nitrogen and oxygen atoms in total. The van der Waals surface area contributed by atoms with Crippen molar-refractivity contribution in [1.82, 2.24) is 0 Å². The van der Waals surface area contributed by atoms with E-state index in [1.54, 1.807) is 0 Å². The lowest BCUT2D eigenvalue weighted by molar-refractivity contribution is 0.106. The van der Waals surface area contributed by atoms with E-state index in [1.807, 2.05) is 0 Å². The molecule has 5 heteroatoms. The van der Waals surface area contributed by atoms with Crippen molar-refractivity contribution < 1.29 is 9.47 Å². The molecule has 0 unspecified atom stereocenters. The maximum absolute atomic E-state index is 8.43. The van der Waals surface area contributed by atoms with Gasteiger partial charge in [0.05, 0.1) is 18.6 Å². The Morgan fingerprint density at radius 3 is 1.13 bits per heavy atom. The van der Waals surface area contributed by atoms with Crippen molar-refractivity contribution in [2.75, 3.05) is 26.4 Å². The number of benzene rings is 4. The molecule has 0 saturated carbocycles. The van der Waals surface area contributed by atoms with Gasteiger partial charge in [0.25, 0.3) is 0 Å². The van der Waals surface area contributed by atoms with Crippen molar-refractivity contribution in [3.63, 3.8) is 0 Å². The van der Waals surface area contributed by atoms with Crippen LogP contribution in [0, 0.1) is 0 Å². The van der Waals surface area contributed by atoms with E-state index >= 15 is 0 Å². The number of azide groups is 1. The fourth-order valence-electron chi connectivity index (χ4n) is 5.93. The Hall–Kier alpha value is -4.05. The first-order valence-electron chi connectivity index (χ1n) is 16.3. The Morgan fingerprint density at radius 1 is 0.478 bits per heavy atom. The zero-order chi connectivity index (χ0) is 33.6. The van der Waals surface area contributed by atoms with Gasteiger partial charge in [-0.25, -0.2) is 0 Å². The molecule has 0 amide bonds. The normalized spacial score (nSPS) is 12.5. The molecule has 0 aliphatic heterocycles. The zero-order valence-electron chi connectivity index (χ0n) is 29.2. The molecule has 0 heterocycles. The van der Waals surface area contributed by atoms with Gasteiger partial charge in [-0.3, -0.25) is 0 Å². The molecule has 0 radical (unpaired) electrons. The molecule has 0 aromatic heterocycles. The molecule has 0 N–H and O–H groups in total. The Morgan fingerprint density at radius 2 is 0.804 bits per heavy atom. The molecule has 0 atom stereocenters. The lowest BCUT2D eigenvalue weighted by atomic mass is 9.64. The maximum Gasteiger partial charge on any atom is 0.119 e. The summed E-state index contributed by atoms with van der Waals surface area (Å²) in [6.07, 6.45) is 0. The van der Waals surface area contributed by atoms with Gasteiger partial charge in [0.2, 0.25) is 0 Å². The van der Waals surface area contributed by atoms with Gasteiger partial charge in [-0.2, -0.15) is 0 Å². The monoisotopic (exact) mass is 617 g/mol. The van der Waals surface area contributed by atoms with E-state index in [9.17, 15) is 0 Å². The summed E-state index contributed by atoms with van der Waals surface area (Å²) in [5.41, 5.74) is 16.8. The third kappa shape index (κ3) is 8.02. The Balaban J connectivity index is 1.87. The average Bonchev–Trinajstić information content (AvgIpc) is 3.01. The summed E-state index contributed by atoms with van der Waals surface area (Å²) >= 11 is 0. The summed E-state index contributed by atoms with van der Waals surface area (Å²) < 4.78 is 11.5. The first kappa shape index (κ1) is 34.8. The second kappa shape index (κ2) is 14.2. The molecule has 0 spiro atoms. The van der Waals surface area contributed by atoms with E-state index in [0.717, 1.165) is 5.75 Å². The summed E-state index contributed by atoms with van der Waals surface area (Å²) in [5.74, 6) is 0.783. The van der Waals surface area contributed by atoms with Crippen molar-refractivity contribution in [2.45, 2.75) is 84.0 Å². The summed E-state index contributed by atoms with van der Waals surface area (Å²) in [4.78, 5) is 2.75. The Labute approximate surface area is 276 Å². The highest BCUT2D eigenvalue weighted by atomic mass is 16.5. The van der Waals surface area contributed by atoms with Crippen LogP contribution in [0.1, 0.15) is 101 Å². The summed E-state index contributed by atoms with van der Waals surface area (Å²) in [6, 6.07) is 36.1. The van der Waals surface area contributed by atoms with Gasteiger partial charge in [-0.15, -0.1) is 0 Å². The van der Waals surface area contributed by atoms with Crippen LogP contribution in [0.4, 0.5) is 0 Å². The number of rotatable bonds is 11. The van der Waals surface area contributed by atoms with E-state index in [-0.39, 0.29) is 16.2 Å². The number of nitrogens with zero attached hydrogens (tertiary/aromatic N) is 3. The SMILES string of the molecule is CC(C)(C)c1ccc(C(c2ccc(OCCOCCN=[N+]=[N-])cc2)(c2ccc(C(C)(C)C)cc2)c2ccc(C(C)(C)C)cc2)cc1. The zero-order valence-corrected chi connectivity index (χ0v) is 29.2. The minimum absolute atomic E-state index is 0.0511. The van der Waals surface area contributed by atoms with Crippen molar-refractivity contribution in [2.24, 2.45) is 5.11 Å². The fourth-order valence-corrected chi connectivity index (χ4v) is 5.93. The van der Waals surface area contributed by atoms with Crippen LogP contribution in [-0.4, -0.2) is 26.4 Å². The molecule has 4 aromatic carbocycles. The molecule has 4 rings (SSSR count). The molecule has 0 bridgehead atoms. The van der Waals surface area contributed by atoms with Crippen LogP contribution in [0.5, 0.6) is 5.75 Å². The van der Waals surface area contributed by atoms with Gasteiger partial charge in [0, 0.05) is 11.5 Å². The molecular weight excluding hydrogens is 566 g/mol. The van der Waals surface area contributed by atoms with Gasteiger partial charge in [0.15, 0.2) is 0 Å². The molecule has 0 aliphatic carbocycles. The number of ether oxygens (including phenoxy) is 2. The van der Waals surface area contributed by atoms with Crippen LogP contribution < -0.4 is 4.74 Å². The van der Waals surface area contributed by atoms with E-state index in [4.69, 9.17) is 15.0 Å². The largest absolute Gasteiger partial charge is 0.491 e. The van der Waals surface area contributed by atoms with Crippen LogP contribution in [0.2, 0.25) is 0 Å².